The van der Waals surface area contributed by atoms with Crippen LogP contribution in [0.4, 0.5) is 5.95 Å². The quantitative estimate of drug-likeness (QED) is 0.813. The first kappa shape index (κ1) is 17.2. The van der Waals surface area contributed by atoms with E-state index in [0.29, 0.717) is 23.6 Å². The monoisotopic (exact) mass is 345 g/mol. The van der Waals surface area contributed by atoms with Gasteiger partial charge in [0.2, 0.25) is 23.6 Å². The van der Waals surface area contributed by atoms with E-state index in [1.807, 2.05) is 13.8 Å². The SMILES string of the molecule is COc1cc(OC)nc(N2CCC(Oc3nc(C)cnc3C)CC2)n1. The van der Waals surface area contributed by atoms with Crippen LogP contribution in [0.5, 0.6) is 17.6 Å². The van der Waals surface area contributed by atoms with Crippen molar-refractivity contribution in [3.8, 4) is 17.6 Å². The first-order valence-corrected chi connectivity index (χ1v) is 8.28. The number of piperidine rings is 1. The average Bonchev–Trinajstić information content (AvgIpc) is 2.65. The topological polar surface area (TPSA) is 82.5 Å². The maximum absolute atomic E-state index is 6.05. The highest BCUT2D eigenvalue weighted by Crippen LogP contribution is 2.25. The summed E-state index contributed by atoms with van der Waals surface area (Å²) in [4.78, 5) is 19.7. The lowest BCUT2D eigenvalue weighted by Crippen LogP contribution is -2.39. The highest BCUT2D eigenvalue weighted by molar-refractivity contribution is 5.37. The van der Waals surface area contributed by atoms with Crippen molar-refractivity contribution in [1.29, 1.82) is 0 Å². The lowest BCUT2D eigenvalue weighted by Gasteiger charge is -2.32. The Morgan fingerprint density at radius 1 is 1.00 bits per heavy atom. The Kier molecular flexibility index (Phi) is 5.16. The molecule has 8 heteroatoms. The van der Waals surface area contributed by atoms with E-state index in [0.717, 1.165) is 37.3 Å². The van der Waals surface area contributed by atoms with E-state index in [9.17, 15) is 0 Å². The first-order valence-electron chi connectivity index (χ1n) is 8.28. The number of hydrogen-bond acceptors (Lipinski definition) is 8. The Bertz CT molecular complexity index is 710. The van der Waals surface area contributed by atoms with Crippen LogP contribution in [0.15, 0.2) is 12.3 Å². The van der Waals surface area contributed by atoms with Crippen LogP contribution in [-0.2, 0) is 0 Å². The van der Waals surface area contributed by atoms with Gasteiger partial charge in [-0.15, -0.1) is 0 Å². The second-order valence-corrected chi connectivity index (χ2v) is 5.96. The van der Waals surface area contributed by atoms with Crippen LogP contribution < -0.4 is 19.1 Å². The van der Waals surface area contributed by atoms with E-state index in [-0.39, 0.29) is 6.10 Å². The molecule has 1 aliphatic heterocycles. The third kappa shape index (κ3) is 4.07. The lowest BCUT2D eigenvalue weighted by atomic mass is 10.1. The van der Waals surface area contributed by atoms with Gasteiger partial charge in [0.25, 0.3) is 0 Å². The van der Waals surface area contributed by atoms with Gasteiger partial charge in [-0.3, -0.25) is 4.98 Å². The van der Waals surface area contributed by atoms with Gasteiger partial charge in [0.1, 0.15) is 6.10 Å². The third-order valence-electron chi connectivity index (χ3n) is 4.12. The average molecular weight is 345 g/mol. The number of hydrogen-bond donors (Lipinski definition) is 0. The highest BCUT2D eigenvalue weighted by Gasteiger charge is 2.24. The Morgan fingerprint density at radius 2 is 1.64 bits per heavy atom. The summed E-state index contributed by atoms with van der Waals surface area (Å²) < 4.78 is 16.5. The zero-order chi connectivity index (χ0) is 17.8. The van der Waals surface area contributed by atoms with Crippen molar-refractivity contribution in [2.24, 2.45) is 0 Å². The van der Waals surface area contributed by atoms with Crippen molar-refractivity contribution in [1.82, 2.24) is 19.9 Å². The van der Waals surface area contributed by atoms with Crippen LogP contribution in [0.2, 0.25) is 0 Å². The predicted octanol–water partition coefficient (Wildman–Crippen LogP) is 1.95. The van der Waals surface area contributed by atoms with Crippen LogP contribution in [0, 0.1) is 13.8 Å². The van der Waals surface area contributed by atoms with Gasteiger partial charge < -0.3 is 19.1 Å². The molecule has 0 saturated carbocycles. The van der Waals surface area contributed by atoms with Gasteiger partial charge in [0, 0.05) is 32.1 Å². The maximum Gasteiger partial charge on any atom is 0.235 e. The lowest BCUT2D eigenvalue weighted by molar-refractivity contribution is 0.161. The molecular formula is C17H23N5O3. The fraction of sp³-hybridized carbons (Fsp3) is 0.529. The second-order valence-electron chi connectivity index (χ2n) is 5.96. The van der Waals surface area contributed by atoms with Gasteiger partial charge >= 0.3 is 0 Å². The van der Waals surface area contributed by atoms with Crippen LogP contribution in [0.1, 0.15) is 24.2 Å². The molecule has 0 spiro atoms. The number of rotatable bonds is 5. The molecule has 0 aromatic carbocycles. The van der Waals surface area contributed by atoms with Gasteiger partial charge in [-0.25, -0.2) is 4.98 Å². The molecule has 0 aliphatic carbocycles. The number of methoxy groups -OCH3 is 2. The molecule has 0 bridgehead atoms. The molecule has 1 fully saturated rings. The second kappa shape index (κ2) is 7.50. The third-order valence-corrected chi connectivity index (χ3v) is 4.12. The van der Waals surface area contributed by atoms with Gasteiger partial charge in [0.05, 0.1) is 31.7 Å². The zero-order valence-electron chi connectivity index (χ0n) is 15.0. The zero-order valence-corrected chi connectivity index (χ0v) is 15.0. The molecule has 8 nitrogen and oxygen atoms in total. The molecule has 0 radical (unpaired) electrons. The predicted molar refractivity (Wildman–Crippen MR) is 92.5 cm³/mol. The molecule has 134 valence electrons. The minimum Gasteiger partial charge on any atom is -0.481 e. The molecule has 0 atom stereocenters. The van der Waals surface area contributed by atoms with E-state index in [2.05, 4.69) is 24.8 Å². The Labute approximate surface area is 147 Å². The molecule has 0 N–H and O–H groups in total. The molecular weight excluding hydrogens is 322 g/mol. The summed E-state index contributed by atoms with van der Waals surface area (Å²) in [6.45, 7) is 5.40. The molecule has 2 aromatic heterocycles. The van der Waals surface area contributed by atoms with Crippen molar-refractivity contribution < 1.29 is 14.2 Å². The molecule has 25 heavy (non-hydrogen) atoms. The Balaban J connectivity index is 1.65. The molecule has 3 heterocycles. The largest absolute Gasteiger partial charge is 0.481 e. The molecule has 0 unspecified atom stereocenters. The first-order chi connectivity index (χ1) is 12.1. The minimum absolute atomic E-state index is 0.110. The fourth-order valence-corrected chi connectivity index (χ4v) is 2.70. The summed E-state index contributed by atoms with van der Waals surface area (Å²) in [6.07, 6.45) is 3.58. The standard InChI is InChI=1S/C17H23N5O3/c1-11-10-18-12(2)16(19-11)25-13-5-7-22(8-6-13)17-20-14(23-3)9-15(21-17)24-4/h9-10,13H,5-8H2,1-4H3. The molecule has 0 amide bonds. The van der Waals surface area contributed by atoms with Crippen LogP contribution in [-0.4, -0.2) is 53.3 Å². The summed E-state index contributed by atoms with van der Waals surface area (Å²) in [5.41, 5.74) is 1.67. The highest BCUT2D eigenvalue weighted by atomic mass is 16.5. The van der Waals surface area contributed by atoms with E-state index in [1.165, 1.54) is 0 Å². The van der Waals surface area contributed by atoms with Crippen molar-refractivity contribution in [2.75, 3.05) is 32.2 Å². The van der Waals surface area contributed by atoms with Gasteiger partial charge in [-0.05, 0) is 13.8 Å². The van der Waals surface area contributed by atoms with Crippen molar-refractivity contribution in [2.45, 2.75) is 32.8 Å². The van der Waals surface area contributed by atoms with Crippen LogP contribution in [0.25, 0.3) is 0 Å². The number of nitrogens with zero attached hydrogens (tertiary/aromatic N) is 5. The van der Waals surface area contributed by atoms with Gasteiger partial charge in [0.15, 0.2) is 0 Å². The smallest absolute Gasteiger partial charge is 0.235 e. The molecule has 2 aromatic rings. The minimum atomic E-state index is 0.110. The number of aromatic nitrogens is 4. The number of anilines is 1. The molecule has 1 saturated heterocycles. The van der Waals surface area contributed by atoms with E-state index >= 15 is 0 Å². The summed E-state index contributed by atoms with van der Waals surface area (Å²) >= 11 is 0. The van der Waals surface area contributed by atoms with Crippen molar-refractivity contribution in [3.05, 3.63) is 23.7 Å². The Hall–Kier alpha value is -2.64. The van der Waals surface area contributed by atoms with Crippen molar-refractivity contribution >= 4 is 5.95 Å². The van der Waals surface area contributed by atoms with E-state index < -0.39 is 0 Å². The number of aryl methyl sites for hydroxylation is 2. The van der Waals surface area contributed by atoms with Crippen LogP contribution in [0.3, 0.4) is 0 Å². The summed E-state index contributed by atoms with van der Waals surface area (Å²) in [6, 6.07) is 1.67. The van der Waals surface area contributed by atoms with Gasteiger partial charge in [-0.2, -0.15) is 9.97 Å². The molecule has 3 rings (SSSR count). The molecule has 1 aliphatic rings. The fourth-order valence-electron chi connectivity index (χ4n) is 2.70. The number of ether oxygens (including phenoxy) is 3. The Morgan fingerprint density at radius 3 is 2.24 bits per heavy atom. The normalized spacial score (nSPS) is 15.1. The van der Waals surface area contributed by atoms with Crippen LogP contribution >= 0.6 is 0 Å². The van der Waals surface area contributed by atoms with Gasteiger partial charge in [-0.1, -0.05) is 0 Å². The van der Waals surface area contributed by atoms with Crippen molar-refractivity contribution in [3.63, 3.8) is 0 Å². The summed E-state index contributed by atoms with van der Waals surface area (Å²) in [5.74, 6) is 2.22. The summed E-state index contributed by atoms with van der Waals surface area (Å²) in [5, 5.41) is 0. The van der Waals surface area contributed by atoms with E-state index in [4.69, 9.17) is 14.2 Å². The van der Waals surface area contributed by atoms with E-state index in [1.54, 1.807) is 26.5 Å². The summed E-state index contributed by atoms with van der Waals surface area (Å²) in [7, 11) is 3.16. The maximum atomic E-state index is 6.05.